The van der Waals surface area contributed by atoms with Gasteiger partial charge in [0.2, 0.25) is 0 Å². The first-order valence-electron chi connectivity index (χ1n) is 13.5. The third-order valence-corrected chi connectivity index (χ3v) is 8.17. The monoisotopic (exact) mass is 634 g/mol. The third-order valence-electron chi connectivity index (χ3n) is 7.62. The van der Waals surface area contributed by atoms with Gasteiger partial charge in [0.1, 0.15) is 28.0 Å². The van der Waals surface area contributed by atoms with Gasteiger partial charge in [-0.3, -0.25) is 4.79 Å². The molecule has 2 aromatic carbocycles. The number of carbonyl (C=O) groups excluding carboxylic acids is 2. The molecule has 0 bridgehead atoms. The molecule has 2 aliphatic heterocycles. The van der Waals surface area contributed by atoms with Crippen LogP contribution in [0.25, 0.3) is 11.4 Å². The molecule has 1 amide bonds. The van der Waals surface area contributed by atoms with Crippen LogP contribution in [0.5, 0.6) is 5.75 Å². The van der Waals surface area contributed by atoms with Crippen molar-refractivity contribution in [3.8, 4) is 17.1 Å². The number of nitrogens with one attached hydrogen (secondary N) is 1. The van der Waals surface area contributed by atoms with Crippen LogP contribution in [0.3, 0.4) is 0 Å². The van der Waals surface area contributed by atoms with E-state index in [4.69, 9.17) is 4.74 Å². The summed E-state index contributed by atoms with van der Waals surface area (Å²) in [6.07, 6.45) is -1.86. The molecule has 0 spiro atoms. The SMILES string of the molecule is Cn1c(-c2cccc(OC(F)(F)F)c2)nc(Br)c1C(=O)N1CCC([C@H](OC(=O)c2ccccc2)C2CCCN2)CC1. The lowest BCUT2D eigenvalue weighted by Crippen LogP contribution is -2.48. The lowest BCUT2D eigenvalue weighted by atomic mass is 9.86. The molecule has 5 rings (SSSR count). The Kier molecular flexibility index (Phi) is 8.69. The van der Waals surface area contributed by atoms with Crippen molar-refractivity contribution in [1.82, 2.24) is 19.8 Å². The molecule has 2 aliphatic rings. The number of likely N-dealkylation sites (tertiary alicyclic amines) is 1. The first-order valence-corrected chi connectivity index (χ1v) is 14.3. The third kappa shape index (κ3) is 6.75. The van der Waals surface area contributed by atoms with Crippen molar-refractivity contribution in [2.24, 2.45) is 13.0 Å². The van der Waals surface area contributed by atoms with Gasteiger partial charge in [-0.1, -0.05) is 30.3 Å². The number of ether oxygens (including phenoxy) is 2. The molecule has 0 radical (unpaired) electrons. The highest BCUT2D eigenvalue weighted by molar-refractivity contribution is 9.10. The quantitative estimate of drug-likeness (QED) is 0.342. The van der Waals surface area contributed by atoms with Gasteiger partial charge in [0, 0.05) is 37.7 Å². The van der Waals surface area contributed by atoms with Crippen molar-refractivity contribution in [2.45, 2.75) is 44.2 Å². The van der Waals surface area contributed by atoms with Crippen LogP contribution in [0, 0.1) is 5.92 Å². The van der Waals surface area contributed by atoms with Crippen LogP contribution in [0.15, 0.2) is 59.2 Å². The van der Waals surface area contributed by atoms with Gasteiger partial charge in [-0.15, -0.1) is 13.2 Å². The summed E-state index contributed by atoms with van der Waals surface area (Å²) >= 11 is 3.37. The molecular formula is C29H30BrF3N4O4. The number of hydrogen-bond donors (Lipinski definition) is 1. The van der Waals surface area contributed by atoms with E-state index < -0.39 is 6.36 Å². The molecule has 12 heteroatoms. The molecule has 0 aliphatic carbocycles. The van der Waals surface area contributed by atoms with Crippen LogP contribution in [-0.2, 0) is 11.8 Å². The van der Waals surface area contributed by atoms with Crippen molar-refractivity contribution in [2.75, 3.05) is 19.6 Å². The van der Waals surface area contributed by atoms with Gasteiger partial charge in [0.15, 0.2) is 0 Å². The molecule has 0 saturated carbocycles. The molecule has 218 valence electrons. The molecule has 41 heavy (non-hydrogen) atoms. The largest absolute Gasteiger partial charge is 0.573 e. The van der Waals surface area contributed by atoms with E-state index in [1.54, 1.807) is 46.8 Å². The Morgan fingerprint density at radius 3 is 2.46 bits per heavy atom. The minimum atomic E-state index is -4.82. The molecule has 1 aromatic heterocycles. The van der Waals surface area contributed by atoms with Gasteiger partial charge in [-0.25, -0.2) is 9.78 Å². The van der Waals surface area contributed by atoms with Crippen LogP contribution in [0.2, 0.25) is 0 Å². The van der Waals surface area contributed by atoms with Crippen LogP contribution in [0.4, 0.5) is 13.2 Å². The Labute approximate surface area is 244 Å². The van der Waals surface area contributed by atoms with Crippen molar-refractivity contribution in [3.63, 3.8) is 0 Å². The Morgan fingerprint density at radius 2 is 1.80 bits per heavy atom. The summed E-state index contributed by atoms with van der Waals surface area (Å²) in [5, 5.41) is 3.47. The standard InChI is InChI=1S/C29H30BrF3N4O4/c1-36-23(25(30)35-26(36)20-9-5-10-21(17-20)41-29(31,32)33)27(38)37-15-12-18(13-16-37)24(22-11-6-14-34-22)40-28(39)19-7-3-2-4-8-19/h2-5,7-10,17-18,22,24,34H,6,11-16H2,1H3/t22?,24-/m0/s1. The summed E-state index contributed by atoms with van der Waals surface area (Å²) in [7, 11) is 1.65. The second-order valence-corrected chi connectivity index (χ2v) is 11.0. The fourth-order valence-electron chi connectivity index (χ4n) is 5.63. The highest BCUT2D eigenvalue weighted by Gasteiger charge is 2.38. The lowest BCUT2D eigenvalue weighted by Gasteiger charge is -2.38. The predicted molar refractivity (Wildman–Crippen MR) is 148 cm³/mol. The van der Waals surface area contributed by atoms with Gasteiger partial charge in [-0.05, 0) is 72.4 Å². The number of carbonyl (C=O) groups is 2. The highest BCUT2D eigenvalue weighted by atomic mass is 79.9. The number of benzene rings is 2. The maximum absolute atomic E-state index is 13.6. The average molecular weight is 635 g/mol. The number of halogens is 4. The number of amides is 1. The van der Waals surface area contributed by atoms with Gasteiger partial charge in [0.05, 0.1) is 5.56 Å². The van der Waals surface area contributed by atoms with E-state index >= 15 is 0 Å². The fraction of sp³-hybridized carbons (Fsp3) is 0.414. The Bertz CT molecular complexity index is 1380. The molecule has 3 aromatic rings. The van der Waals surface area contributed by atoms with E-state index in [0.717, 1.165) is 19.4 Å². The summed E-state index contributed by atoms with van der Waals surface area (Å²) in [6.45, 7) is 1.82. The topological polar surface area (TPSA) is 85.7 Å². The predicted octanol–water partition coefficient (Wildman–Crippen LogP) is 5.58. The summed E-state index contributed by atoms with van der Waals surface area (Å²) in [5.41, 5.74) is 1.18. The molecule has 3 heterocycles. The first kappa shape index (κ1) is 29.1. The van der Waals surface area contributed by atoms with Gasteiger partial charge in [-0.2, -0.15) is 0 Å². The number of esters is 1. The minimum Gasteiger partial charge on any atom is -0.457 e. The Morgan fingerprint density at radius 1 is 1.07 bits per heavy atom. The van der Waals surface area contributed by atoms with Gasteiger partial charge >= 0.3 is 12.3 Å². The first-order chi connectivity index (χ1) is 19.6. The second-order valence-electron chi connectivity index (χ2n) is 10.3. The molecule has 8 nitrogen and oxygen atoms in total. The van der Waals surface area contributed by atoms with E-state index in [1.165, 1.54) is 18.2 Å². The minimum absolute atomic E-state index is 0.0702. The maximum atomic E-state index is 13.6. The van der Waals surface area contributed by atoms with E-state index in [1.807, 2.05) is 6.07 Å². The van der Waals surface area contributed by atoms with Crippen molar-refractivity contribution >= 4 is 27.8 Å². The van der Waals surface area contributed by atoms with Crippen LogP contribution >= 0.6 is 15.9 Å². The van der Waals surface area contributed by atoms with Crippen LogP contribution in [0.1, 0.15) is 46.5 Å². The molecule has 2 saturated heterocycles. The fourth-order valence-corrected chi connectivity index (χ4v) is 6.24. The lowest BCUT2D eigenvalue weighted by molar-refractivity contribution is -0.274. The van der Waals surface area contributed by atoms with E-state index in [-0.39, 0.29) is 35.7 Å². The summed E-state index contributed by atoms with van der Waals surface area (Å²) in [6, 6.07) is 14.5. The molecule has 1 N–H and O–H groups in total. The molecular weight excluding hydrogens is 605 g/mol. The number of aromatic nitrogens is 2. The summed E-state index contributed by atoms with van der Waals surface area (Å²) in [5.74, 6) is -0.551. The van der Waals surface area contributed by atoms with Gasteiger partial charge in [0.25, 0.3) is 5.91 Å². The number of rotatable bonds is 7. The van der Waals surface area contributed by atoms with Crippen molar-refractivity contribution in [3.05, 3.63) is 70.5 Å². The zero-order valence-electron chi connectivity index (χ0n) is 22.4. The maximum Gasteiger partial charge on any atom is 0.573 e. The number of piperidine rings is 1. The van der Waals surface area contributed by atoms with E-state index in [9.17, 15) is 22.8 Å². The molecule has 2 fully saturated rings. The smallest absolute Gasteiger partial charge is 0.457 e. The van der Waals surface area contributed by atoms with E-state index in [0.29, 0.717) is 53.2 Å². The number of imidazole rings is 1. The summed E-state index contributed by atoms with van der Waals surface area (Å²) < 4.78 is 50.1. The Hall–Kier alpha value is -3.38. The van der Waals surface area contributed by atoms with Crippen LogP contribution in [-0.4, -0.2) is 64.5 Å². The number of alkyl halides is 3. The van der Waals surface area contributed by atoms with Gasteiger partial charge < -0.3 is 24.3 Å². The Balaban J connectivity index is 1.28. The zero-order valence-corrected chi connectivity index (χ0v) is 24.0. The van der Waals surface area contributed by atoms with Crippen LogP contribution < -0.4 is 10.1 Å². The van der Waals surface area contributed by atoms with E-state index in [2.05, 4.69) is 31.0 Å². The average Bonchev–Trinajstić information content (AvgIpc) is 3.59. The van der Waals surface area contributed by atoms with Crippen molar-refractivity contribution < 1.29 is 32.2 Å². The number of nitrogens with zero attached hydrogens (tertiary/aromatic N) is 3. The highest BCUT2D eigenvalue weighted by Crippen LogP contribution is 2.33. The second kappa shape index (κ2) is 12.2. The zero-order chi connectivity index (χ0) is 29.1. The van der Waals surface area contributed by atoms with Crippen molar-refractivity contribution in [1.29, 1.82) is 0 Å². The summed E-state index contributed by atoms with van der Waals surface area (Å²) in [4.78, 5) is 32.7. The molecule has 1 unspecified atom stereocenters. The molecule has 2 atom stereocenters. The normalized spacial score (nSPS) is 18.8. The number of hydrogen-bond acceptors (Lipinski definition) is 6.